The topological polar surface area (TPSA) is 161 Å². The first-order chi connectivity index (χ1) is 19.8. The molecule has 10 nitrogen and oxygen atoms in total. The summed E-state index contributed by atoms with van der Waals surface area (Å²) in [6.45, 7) is 4.46. The molecular weight excluding hydrogens is 561 g/mol. The number of urea groups is 1. The van der Waals surface area contributed by atoms with E-state index in [0.717, 1.165) is 5.56 Å². The maximum atomic E-state index is 14.0. The second kappa shape index (κ2) is 14.1. The number of ketones is 2. The lowest BCUT2D eigenvalue weighted by atomic mass is 10.1. The van der Waals surface area contributed by atoms with Crippen LogP contribution in [0.15, 0.2) is 59.1 Å². The van der Waals surface area contributed by atoms with Crippen LogP contribution in [0, 0.1) is 24.6 Å². The Morgan fingerprint density at radius 1 is 0.976 bits per heavy atom. The normalized spacial score (nSPS) is 10.7. The molecule has 0 spiro atoms. The van der Waals surface area contributed by atoms with Gasteiger partial charge in [0.15, 0.2) is 0 Å². The van der Waals surface area contributed by atoms with Crippen molar-refractivity contribution in [2.75, 3.05) is 27.9 Å². The van der Waals surface area contributed by atoms with E-state index < -0.39 is 27.5 Å². The highest BCUT2D eigenvalue weighted by Crippen LogP contribution is 2.18. The molecule has 4 N–H and O–H groups in total. The molecule has 3 amide bonds. The molecule has 0 radical (unpaired) electrons. The van der Waals surface area contributed by atoms with Crippen molar-refractivity contribution in [3.05, 3.63) is 82.8 Å². The minimum atomic E-state index is -3.17. The third-order valence-corrected chi connectivity index (χ3v) is 7.98. The van der Waals surface area contributed by atoms with E-state index in [1.165, 1.54) is 38.2 Å². The molecule has 1 heterocycles. The third-order valence-electron chi connectivity index (χ3n) is 5.79. The molecule has 218 valence electrons. The van der Waals surface area contributed by atoms with Crippen molar-refractivity contribution in [3.8, 4) is 11.8 Å². The fraction of sp³-hybridized carbons (Fsp3) is 0.233. The zero-order chi connectivity index (χ0) is 30.9. The molecule has 0 aliphatic heterocycles. The average Bonchev–Trinajstić information content (AvgIpc) is 2.92. The van der Waals surface area contributed by atoms with Crippen molar-refractivity contribution < 1.29 is 27.8 Å². The summed E-state index contributed by atoms with van der Waals surface area (Å²) in [7, 11) is -3.17. The van der Waals surface area contributed by atoms with Crippen LogP contribution in [0.5, 0.6) is 0 Å². The lowest BCUT2D eigenvalue weighted by Crippen LogP contribution is -2.20. The number of amides is 3. The van der Waals surface area contributed by atoms with Crippen molar-refractivity contribution >= 4 is 50.4 Å². The molecule has 3 aromatic rings. The van der Waals surface area contributed by atoms with E-state index >= 15 is 0 Å². The van der Waals surface area contributed by atoms with E-state index in [1.807, 2.05) is 0 Å². The molecule has 0 aliphatic rings. The molecule has 0 saturated carbocycles. The summed E-state index contributed by atoms with van der Waals surface area (Å²) >= 11 is 0. The first-order valence-electron chi connectivity index (χ1n) is 12.8. The fourth-order valence-corrected chi connectivity index (χ4v) is 5.54. The predicted octanol–water partition coefficient (Wildman–Crippen LogP) is 4.72. The first-order valence-corrected chi connectivity index (χ1v) is 14.7. The fourth-order valence-electron chi connectivity index (χ4n) is 3.53. The Balaban J connectivity index is 1.80. The van der Waals surface area contributed by atoms with Crippen LogP contribution < -0.4 is 16.4 Å². The molecule has 2 aromatic carbocycles. The van der Waals surface area contributed by atoms with Gasteiger partial charge in [0.2, 0.25) is 0 Å². The summed E-state index contributed by atoms with van der Waals surface area (Å²) in [4.78, 5) is 52.1. The number of pyridine rings is 1. The second-order valence-corrected chi connectivity index (χ2v) is 12.1. The number of nitrogen functional groups attached to an aromatic ring is 1. The van der Waals surface area contributed by atoms with Gasteiger partial charge in [-0.15, -0.1) is 0 Å². The average molecular weight is 592 g/mol. The summed E-state index contributed by atoms with van der Waals surface area (Å²) in [5.41, 5.74) is 7.86. The van der Waals surface area contributed by atoms with E-state index in [4.69, 9.17) is 5.73 Å². The molecular formula is C30H30FN5O5S. The Bertz CT molecular complexity index is 1710. The Morgan fingerprint density at radius 2 is 1.67 bits per heavy atom. The van der Waals surface area contributed by atoms with E-state index in [-0.39, 0.29) is 58.5 Å². The number of Topliss-reactive ketones (excluding diaryl/α,β-unsaturated/α-hetero) is 2. The number of carbonyl (C=O) groups is 4. The first kappa shape index (κ1) is 31.6. The molecule has 0 bridgehead atoms. The van der Waals surface area contributed by atoms with Gasteiger partial charge < -0.3 is 16.4 Å². The van der Waals surface area contributed by atoms with Gasteiger partial charge in [0, 0.05) is 41.8 Å². The lowest BCUT2D eigenvalue weighted by molar-refractivity contribution is -0.117. The molecule has 0 saturated heterocycles. The molecule has 1 aromatic heterocycles. The van der Waals surface area contributed by atoms with Crippen LogP contribution in [0.25, 0.3) is 0 Å². The van der Waals surface area contributed by atoms with Crippen LogP contribution in [-0.2, 0) is 19.3 Å². The lowest BCUT2D eigenvalue weighted by Gasteiger charge is -2.09. The number of anilines is 3. The van der Waals surface area contributed by atoms with E-state index in [0.29, 0.717) is 11.3 Å². The highest BCUT2D eigenvalue weighted by Gasteiger charge is 2.17. The molecule has 3 rings (SSSR count). The minimum Gasteiger partial charge on any atom is -0.383 e. The zero-order valence-electron chi connectivity index (χ0n) is 23.3. The second-order valence-electron chi connectivity index (χ2n) is 9.53. The van der Waals surface area contributed by atoms with Crippen LogP contribution >= 0.6 is 0 Å². The number of hydrogen-bond acceptors (Lipinski definition) is 7. The number of carbonyl (C=O) groups excluding carboxylic acids is 4. The molecule has 0 fully saturated rings. The van der Waals surface area contributed by atoms with Crippen LogP contribution in [-0.4, -0.2) is 44.2 Å². The van der Waals surface area contributed by atoms with Crippen molar-refractivity contribution in [2.45, 2.75) is 33.6 Å². The molecule has 0 aliphatic carbocycles. The van der Waals surface area contributed by atoms with Gasteiger partial charge in [-0.1, -0.05) is 24.0 Å². The molecule has 42 heavy (non-hydrogen) atoms. The van der Waals surface area contributed by atoms with Crippen LogP contribution in [0.3, 0.4) is 0 Å². The van der Waals surface area contributed by atoms with Crippen molar-refractivity contribution in [3.63, 3.8) is 0 Å². The van der Waals surface area contributed by atoms with Crippen LogP contribution in [0.1, 0.15) is 53.7 Å². The number of benzene rings is 2. The monoisotopic (exact) mass is 591 g/mol. The number of aryl methyl sites for hydroxylation is 1. The summed E-state index contributed by atoms with van der Waals surface area (Å²) < 4.78 is 31.1. The third kappa shape index (κ3) is 9.64. The molecule has 0 unspecified atom stereocenters. The SMILES string of the molecule is CC(=O)CCS(=O)(CCC(C)=O)=NC(=O)c1cnc(N)c(C#Cc2cccc(NC(=O)Nc3cc(C)ccc3F)c2)c1. The Labute approximate surface area is 243 Å². The largest absolute Gasteiger partial charge is 0.383 e. The molecule has 0 atom stereocenters. The summed E-state index contributed by atoms with van der Waals surface area (Å²) in [5, 5.41) is 5.08. The summed E-state index contributed by atoms with van der Waals surface area (Å²) in [6, 6.07) is 11.7. The standard InChI is InChI=1S/C30H30FN5O5S/c1-19-7-10-26(31)27(15-19)35-30(40)34-25-6-4-5-22(16-25)8-9-23-17-24(18-33-28(23)32)29(39)36-42(41,13-11-20(2)37)14-12-21(3)38/h4-7,10,15-18H,11-14H2,1-3H3,(H2,32,33)(H2,34,35,40). The van der Waals surface area contributed by atoms with Crippen LogP contribution in [0.2, 0.25) is 0 Å². The molecule has 12 heteroatoms. The van der Waals surface area contributed by atoms with Crippen molar-refractivity contribution in [2.24, 2.45) is 4.36 Å². The number of nitrogens with two attached hydrogens (primary N) is 1. The quantitative estimate of drug-likeness (QED) is 0.303. The number of aromatic nitrogens is 1. The van der Waals surface area contributed by atoms with Gasteiger partial charge in [-0.25, -0.2) is 18.4 Å². The number of rotatable bonds is 9. The number of nitrogens with one attached hydrogen (secondary N) is 2. The van der Waals surface area contributed by atoms with Crippen molar-refractivity contribution in [1.82, 2.24) is 4.98 Å². The van der Waals surface area contributed by atoms with Gasteiger partial charge in [-0.3, -0.25) is 14.4 Å². The Hall–Kier alpha value is -4.89. The maximum Gasteiger partial charge on any atom is 0.323 e. The highest BCUT2D eigenvalue weighted by molar-refractivity contribution is 7.93. The summed E-state index contributed by atoms with van der Waals surface area (Å²) in [5.74, 6) is 3.67. The van der Waals surface area contributed by atoms with Gasteiger partial charge in [0.25, 0.3) is 5.91 Å². The van der Waals surface area contributed by atoms with Crippen LogP contribution in [0.4, 0.5) is 26.4 Å². The van der Waals surface area contributed by atoms with Gasteiger partial charge >= 0.3 is 6.03 Å². The number of nitrogens with zero attached hydrogens (tertiary/aromatic N) is 2. The van der Waals surface area contributed by atoms with Crippen molar-refractivity contribution in [1.29, 1.82) is 0 Å². The number of halogens is 1. The smallest absolute Gasteiger partial charge is 0.323 e. The Morgan fingerprint density at radius 3 is 2.33 bits per heavy atom. The minimum absolute atomic E-state index is 0.0117. The van der Waals surface area contributed by atoms with Gasteiger partial charge in [-0.2, -0.15) is 4.36 Å². The van der Waals surface area contributed by atoms with Gasteiger partial charge in [0.05, 0.1) is 26.5 Å². The van der Waals surface area contributed by atoms with E-state index in [2.05, 4.69) is 31.8 Å². The van der Waals surface area contributed by atoms with Gasteiger partial charge in [-0.05, 0) is 62.7 Å². The summed E-state index contributed by atoms with van der Waals surface area (Å²) in [6.07, 6.45) is 1.10. The van der Waals surface area contributed by atoms with Gasteiger partial charge in [0.1, 0.15) is 23.2 Å². The predicted molar refractivity (Wildman–Crippen MR) is 160 cm³/mol. The van der Waals surface area contributed by atoms with E-state index in [9.17, 15) is 27.8 Å². The van der Waals surface area contributed by atoms with E-state index in [1.54, 1.807) is 37.3 Å². The Kier molecular flexibility index (Phi) is 10.6. The number of hydrogen-bond donors (Lipinski definition) is 3. The highest BCUT2D eigenvalue weighted by atomic mass is 32.2. The maximum absolute atomic E-state index is 14.0. The zero-order valence-corrected chi connectivity index (χ0v) is 24.1.